The van der Waals surface area contributed by atoms with Crippen LogP contribution < -0.4 is 5.56 Å². The zero-order chi connectivity index (χ0) is 17.3. The van der Waals surface area contributed by atoms with Crippen molar-refractivity contribution in [1.29, 1.82) is 0 Å². The molecule has 0 saturated heterocycles. The Morgan fingerprint density at radius 1 is 1.46 bits per heavy atom. The van der Waals surface area contributed by atoms with Crippen molar-refractivity contribution in [3.8, 4) is 5.69 Å². The lowest BCUT2D eigenvalue weighted by Gasteiger charge is -2.08. The van der Waals surface area contributed by atoms with Crippen LogP contribution in [0.1, 0.15) is 6.92 Å². The Hall–Kier alpha value is -2.32. The SMILES string of the molecule is COC(=O)[C@H](C)Sc1nc2c(cnn2-c2cccc(Cl)c2)c(=O)[nH]1. The van der Waals surface area contributed by atoms with Crippen LogP contribution in [0.2, 0.25) is 5.02 Å². The van der Waals surface area contributed by atoms with Gasteiger partial charge in [-0.15, -0.1) is 0 Å². The van der Waals surface area contributed by atoms with E-state index in [1.54, 1.807) is 25.1 Å². The number of ether oxygens (including phenoxy) is 1. The van der Waals surface area contributed by atoms with Gasteiger partial charge in [0.25, 0.3) is 5.56 Å². The first-order valence-corrected chi connectivity index (χ1v) is 8.24. The van der Waals surface area contributed by atoms with Crippen molar-refractivity contribution in [2.24, 2.45) is 0 Å². The Morgan fingerprint density at radius 3 is 2.96 bits per heavy atom. The van der Waals surface area contributed by atoms with Crippen molar-refractivity contribution in [3.63, 3.8) is 0 Å². The topological polar surface area (TPSA) is 89.9 Å². The van der Waals surface area contributed by atoms with E-state index in [0.717, 1.165) is 11.8 Å². The monoisotopic (exact) mass is 364 g/mol. The first-order valence-electron chi connectivity index (χ1n) is 6.98. The molecule has 1 N–H and O–H groups in total. The highest BCUT2D eigenvalue weighted by molar-refractivity contribution is 8.00. The molecule has 0 aliphatic carbocycles. The minimum atomic E-state index is -0.502. The average molecular weight is 365 g/mol. The second-order valence-corrected chi connectivity index (χ2v) is 6.69. The molecule has 124 valence electrons. The number of halogens is 1. The zero-order valence-electron chi connectivity index (χ0n) is 12.8. The molecule has 9 heteroatoms. The molecule has 24 heavy (non-hydrogen) atoms. The van der Waals surface area contributed by atoms with E-state index >= 15 is 0 Å². The molecule has 0 saturated carbocycles. The van der Waals surface area contributed by atoms with E-state index in [9.17, 15) is 9.59 Å². The Bertz CT molecular complexity index is 969. The number of hydrogen-bond acceptors (Lipinski definition) is 6. The molecule has 1 atom stereocenters. The third kappa shape index (κ3) is 3.15. The molecule has 1 aromatic carbocycles. The van der Waals surface area contributed by atoms with Crippen LogP contribution in [0.3, 0.4) is 0 Å². The van der Waals surface area contributed by atoms with Crippen molar-refractivity contribution in [1.82, 2.24) is 19.7 Å². The van der Waals surface area contributed by atoms with E-state index in [1.807, 2.05) is 6.07 Å². The number of aromatic nitrogens is 4. The minimum absolute atomic E-state index is 0.314. The number of hydrogen-bond donors (Lipinski definition) is 1. The smallest absolute Gasteiger partial charge is 0.318 e. The van der Waals surface area contributed by atoms with Crippen LogP contribution >= 0.6 is 23.4 Å². The predicted octanol–water partition coefficient (Wildman–Crippen LogP) is 2.42. The largest absolute Gasteiger partial charge is 0.468 e. The van der Waals surface area contributed by atoms with Gasteiger partial charge in [0.05, 0.1) is 19.0 Å². The van der Waals surface area contributed by atoms with Gasteiger partial charge < -0.3 is 9.72 Å². The maximum Gasteiger partial charge on any atom is 0.318 e. The van der Waals surface area contributed by atoms with Gasteiger partial charge in [0.15, 0.2) is 10.8 Å². The quantitative estimate of drug-likeness (QED) is 0.434. The molecule has 0 amide bonds. The standard InChI is InChI=1S/C15H13ClN4O3S/c1-8(14(22)23-2)24-15-18-12-11(13(21)19-15)7-17-20(12)10-5-3-4-9(16)6-10/h3-8H,1-2H3,(H,18,19,21)/t8-/m0/s1. The zero-order valence-corrected chi connectivity index (χ0v) is 14.4. The van der Waals surface area contributed by atoms with Crippen LogP contribution in [0.5, 0.6) is 0 Å². The second-order valence-electron chi connectivity index (χ2n) is 4.93. The van der Waals surface area contributed by atoms with Crippen molar-refractivity contribution in [3.05, 3.63) is 45.8 Å². The number of carbonyl (C=O) groups is 1. The number of esters is 1. The molecule has 7 nitrogen and oxygen atoms in total. The van der Waals surface area contributed by atoms with Gasteiger partial charge in [-0.2, -0.15) is 5.10 Å². The van der Waals surface area contributed by atoms with Crippen LogP contribution in [0, 0.1) is 0 Å². The van der Waals surface area contributed by atoms with Crippen molar-refractivity contribution >= 4 is 40.4 Å². The van der Waals surface area contributed by atoms with Gasteiger partial charge in [0, 0.05) is 5.02 Å². The third-order valence-corrected chi connectivity index (χ3v) is 4.49. The molecule has 0 radical (unpaired) electrons. The van der Waals surface area contributed by atoms with Gasteiger partial charge in [-0.1, -0.05) is 29.4 Å². The lowest BCUT2D eigenvalue weighted by Crippen LogP contribution is -2.17. The van der Waals surface area contributed by atoms with Crippen molar-refractivity contribution in [2.45, 2.75) is 17.3 Å². The third-order valence-electron chi connectivity index (χ3n) is 3.29. The molecule has 0 bridgehead atoms. The summed E-state index contributed by atoms with van der Waals surface area (Å²) in [4.78, 5) is 30.8. The van der Waals surface area contributed by atoms with Gasteiger partial charge in [0.2, 0.25) is 0 Å². The number of carbonyl (C=O) groups excluding carboxylic acids is 1. The highest BCUT2D eigenvalue weighted by Gasteiger charge is 2.18. The molecule has 0 spiro atoms. The van der Waals surface area contributed by atoms with Gasteiger partial charge in [-0.3, -0.25) is 9.59 Å². The van der Waals surface area contributed by atoms with Crippen LogP contribution in [-0.4, -0.2) is 38.1 Å². The lowest BCUT2D eigenvalue weighted by atomic mass is 10.3. The molecule has 0 aliphatic heterocycles. The maximum atomic E-state index is 12.2. The van der Waals surface area contributed by atoms with Crippen LogP contribution in [-0.2, 0) is 9.53 Å². The molecule has 2 aromatic heterocycles. The first-order chi connectivity index (χ1) is 11.5. The fraction of sp³-hybridized carbons (Fsp3) is 0.200. The molecule has 0 fully saturated rings. The van der Waals surface area contributed by atoms with Crippen LogP contribution in [0.4, 0.5) is 0 Å². The van der Waals surface area contributed by atoms with Gasteiger partial charge in [0.1, 0.15) is 10.6 Å². The van der Waals surface area contributed by atoms with E-state index in [1.165, 1.54) is 18.0 Å². The maximum absolute atomic E-state index is 12.2. The van der Waals surface area contributed by atoms with E-state index in [4.69, 9.17) is 11.6 Å². The fourth-order valence-corrected chi connectivity index (χ4v) is 3.14. The number of benzene rings is 1. The summed E-state index contributed by atoms with van der Waals surface area (Å²) in [5.74, 6) is -0.397. The molecule has 2 heterocycles. The van der Waals surface area contributed by atoms with Gasteiger partial charge >= 0.3 is 5.97 Å². The number of H-pyrrole nitrogens is 1. The Morgan fingerprint density at radius 2 is 2.25 bits per heavy atom. The van der Waals surface area contributed by atoms with Crippen LogP contribution in [0.15, 0.2) is 40.4 Å². The molecular formula is C15H13ClN4O3S. The Kier molecular flexibility index (Phi) is 4.59. The summed E-state index contributed by atoms with van der Waals surface area (Å²) in [6, 6.07) is 7.06. The summed E-state index contributed by atoms with van der Waals surface area (Å²) in [6.07, 6.45) is 1.44. The number of aromatic amines is 1. The summed E-state index contributed by atoms with van der Waals surface area (Å²) < 4.78 is 6.21. The number of fused-ring (bicyclic) bond motifs is 1. The highest BCUT2D eigenvalue weighted by atomic mass is 35.5. The van der Waals surface area contributed by atoms with E-state index in [2.05, 4.69) is 19.8 Å². The van der Waals surface area contributed by atoms with Crippen molar-refractivity contribution in [2.75, 3.05) is 7.11 Å². The Labute approximate surface area is 146 Å². The highest BCUT2D eigenvalue weighted by Crippen LogP contribution is 2.22. The summed E-state index contributed by atoms with van der Waals surface area (Å²) in [5, 5.41) is 4.93. The van der Waals surface area contributed by atoms with E-state index in [-0.39, 0.29) is 5.56 Å². The molecule has 3 rings (SSSR count). The average Bonchev–Trinajstić information content (AvgIpc) is 2.98. The molecular weight excluding hydrogens is 352 g/mol. The number of thioether (sulfide) groups is 1. The molecule has 3 aromatic rings. The second kappa shape index (κ2) is 6.66. The summed E-state index contributed by atoms with van der Waals surface area (Å²) >= 11 is 7.12. The number of nitrogens with one attached hydrogen (secondary N) is 1. The summed E-state index contributed by atoms with van der Waals surface area (Å²) in [7, 11) is 1.31. The molecule has 0 unspecified atom stereocenters. The van der Waals surface area contributed by atoms with Crippen molar-refractivity contribution < 1.29 is 9.53 Å². The lowest BCUT2D eigenvalue weighted by molar-refractivity contribution is -0.139. The summed E-state index contributed by atoms with van der Waals surface area (Å²) in [6.45, 7) is 1.68. The predicted molar refractivity (Wildman–Crippen MR) is 91.8 cm³/mol. The van der Waals surface area contributed by atoms with Gasteiger partial charge in [-0.25, -0.2) is 9.67 Å². The fourth-order valence-electron chi connectivity index (χ4n) is 2.13. The van der Waals surface area contributed by atoms with Gasteiger partial charge in [-0.05, 0) is 25.1 Å². The van der Waals surface area contributed by atoms with E-state index < -0.39 is 11.2 Å². The number of methoxy groups -OCH3 is 1. The Balaban J connectivity index is 2.07. The minimum Gasteiger partial charge on any atom is -0.468 e. The molecule has 0 aliphatic rings. The van der Waals surface area contributed by atoms with Crippen LogP contribution in [0.25, 0.3) is 16.7 Å². The normalized spacial score (nSPS) is 12.3. The van der Waals surface area contributed by atoms with E-state index in [0.29, 0.717) is 26.9 Å². The number of rotatable bonds is 4. The first kappa shape index (κ1) is 16.5. The summed E-state index contributed by atoms with van der Waals surface area (Å²) in [5.41, 5.74) is 0.751. The number of nitrogens with zero attached hydrogens (tertiary/aromatic N) is 3.